The molecule has 0 spiro atoms. The first-order valence-electron chi connectivity index (χ1n) is 6.25. The average molecular weight is 303 g/mol. The van der Waals surface area contributed by atoms with Gasteiger partial charge in [0.15, 0.2) is 0 Å². The predicted octanol–water partition coefficient (Wildman–Crippen LogP) is -0.102. The predicted molar refractivity (Wildman–Crippen MR) is 73.7 cm³/mol. The topological polar surface area (TPSA) is 84.7 Å². The number of hydrogen-bond donors (Lipinski definition) is 2. The normalized spacial score (nSPS) is 20.1. The third kappa shape index (κ3) is 3.45. The second kappa shape index (κ2) is 6.04. The van der Waals surface area contributed by atoms with Crippen LogP contribution < -0.4 is 15.4 Å². The lowest BCUT2D eigenvalue weighted by Gasteiger charge is -2.34. The van der Waals surface area contributed by atoms with E-state index < -0.39 is 15.8 Å². The Morgan fingerprint density at radius 2 is 2.30 bits per heavy atom. The van der Waals surface area contributed by atoms with Gasteiger partial charge in [-0.15, -0.1) is 0 Å². The molecule has 2 rings (SSSR count). The van der Waals surface area contributed by atoms with Crippen molar-refractivity contribution >= 4 is 15.7 Å². The zero-order valence-electron chi connectivity index (χ0n) is 11.2. The summed E-state index contributed by atoms with van der Waals surface area (Å²) in [4.78, 5) is 1.62. The molecule has 1 atom stereocenters. The molecule has 0 saturated carbocycles. The minimum absolute atomic E-state index is 0.0222. The number of halogens is 1. The van der Waals surface area contributed by atoms with Gasteiger partial charge in [-0.1, -0.05) is 0 Å². The Bertz CT molecular complexity index is 577. The third-order valence-electron chi connectivity index (χ3n) is 3.16. The summed E-state index contributed by atoms with van der Waals surface area (Å²) in [6.07, 6.45) is -0.0222. The number of nitrogens with zero attached hydrogens (tertiary/aromatic N) is 1. The Labute approximate surface area is 117 Å². The average Bonchev–Trinajstić information content (AvgIpc) is 2.38. The van der Waals surface area contributed by atoms with Gasteiger partial charge < -0.3 is 15.0 Å². The molecule has 0 aromatic heterocycles. The molecule has 1 aliphatic heterocycles. The fourth-order valence-electron chi connectivity index (χ4n) is 2.21. The summed E-state index contributed by atoms with van der Waals surface area (Å²) in [7, 11) is -2.06. The van der Waals surface area contributed by atoms with Crippen molar-refractivity contribution in [2.75, 3.05) is 38.2 Å². The van der Waals surface area contributed by atoms with Crippen LogP contribution in [-0.2, 0) is 14.8 Å². The van der Waals surface area contributed by atoms with Crippen molar-refractivity contribution in [1.29, 1.82) is 0 Å². The molecule has 112 valence electrons. The molecule has 1 aromatic carbocycles. The summed E-state index contributed by atoms with van der Waals surface area (Å²) in [5.41, 5.74) is 0.363. The fourth-order valence-corrected chi connectivity index (χ4v) is 2.74. The number of nitrogens with one attached hydrogen (secondary N) is 1. The van der Waals surface area contributed by atoms with Crippen LogP contribution in [0.25, 0.3) is 0 Å². The minimum atomic E-state index is -3.89. The molecule has 0 bridgehead atoms. The van der Waals surface area contributed by atoms with Gasteiger partial charge in [0.05, 0.1) is 23.3 Å². The van der Waals surface area contributed by atoms with Crippen molar-refractivity contribution in [3.05, 3.63) is 24.0 Å². The lowest BCUT2D eigenvalue weighted by molar-refractivity contribution is 0.0419. The van der Waals surface area contributed by atoms with Crippen LogP contribution in [0, 0.1) is 5.82 Å². The number of hydrogen-bond acceptors (Lipinski definition) is 5. The first-order valence-corrected chi connectivity index (χ1v) is 7.80. The molecule has 1 heterocycles. The lowest BCUT2D eigenvalue weighted by Crippen LogP contribution is -2.46. The fraction of sp³-hybridized carbons (Fsp3) is 0.500. The van der Waals surface area contributed by atoms with Gasteiger partial charge in [-0.3, -0.25) is 0 Å². The van der Waals surface area contributed by atoms with Crippen molar-refractivity contribution < 1.29 is 17.5 Å². The minimum Gasteiger partial charge on any atom is -0.373 e. The Balaban J connectivity index is 2.20. The molecule has 1 aromatic rings. The number of primary sulfonamides is 1. The number of rotatable bonds is 4. The van der Waals surface area contributed by atoms with E-state index in [1.54, 1.807) is 0 Å². The molecule has 1 fully saturated rings. The highest BCUT2D eigenvalue weighted by Gasteiger charge is 2.23. The van der Waals surface area contributed by atoms with E-state index >= 15 is 0 Å². The summed E-state index contributed by atoms with van der Waals surface area (Å²) in [6, 6.07) is 3.71. The molecule has 0 aliphatic carbocycles. The summed E-state index contributed by atoms with van der Waals surface area (Å²) < 4.78 is 42.0. The number of sulfonamides is 1. The first kappa shape index (κ1) is 15.2. The molecule has 1 saturated heterocycles. The van der Waals surface area contributed by atoms with Gasteiger partial charge in [0.2, 0.25) is 10.0 Å². The maximum absolute atomic E-state index is 14.1. The number of nitrogens with two attached hydrogens (primary N) is 1. The van der Waals surface area contributed by atoms with E-state index in [0.717, 1.165) is 6.07 Å². The number of morpholine rings is 1. The van der Waals surface area contributed by atoms with Crippen LogP contribution in [0.15, 0.2) is 23.1 Å². The second-order valence-electron chi connectivity index (χ2n) is 4.65. The van der Waals surface area contributed by atoms with Crippen molar-refractivity contribution in [3.8, 4) is 0 Å². The van der Waals surface area contributed by atoms with Crippen molar-refractivity contribution in [2.24, 2.45) is 5.14 Å². The molecule has 1 aliphatic rings. The van der Waals surface area contributed by atoms with Crippen LogP contribution in [0.3, 0.4) is 0 Å². The van der Waals surface area contributed by atoms with E-state index in [0.29, 0.717) is 31.9 Å². The van der Waals surface area contributed by atoms with Gasteiger partial charge in [-0.25, -0.2) is 17.9 Å². The quantitative estimate of drug-likeness (QED) is 0.811. The maximum atomic E-state index is 14.1. The van der Waals surface area contributed by atoms with E-state index in [-0.39, 0.29) is 11.0 Å². The van der Waals surface area contributed by atoms with Crippen LogP contribution in [0.1, 0.15) is 0 Å². The standard InChI is InChI=1S/C12H18FN3O3S/c1-15-7-9-8-16(4-5-19-9)12-3-2-10(6-11(12)13)20(14,17)18/h2-3,6,9,15H,4-5,7-8H2,1H3,(H2,14,17,18). The summed E-state index contributed by atoms with van der Waals surface area (Å²) in [5.74, 6) is -0.596. The summed E-state index contributed by atoms with van der Waals surface area (Å²) in [5, 5.41) is 7.99. The summed E-state index contributed by atoms with van der Waals surface area (Å²) >= 11 is 0. The SMILES string of the molecule is CNCC1CN(c2ccc(S(N)(=O)=O)cc2F)CCO1. The van der Waals surface area contributed by atoms with E-state index in [2.05, 4.69) is 5.32 Å². The van der Waals surface area contributed by atoms with Crippen LogP contribution in [0.5, 0.6) is 0 Å². The molecular weight excluding hydrogens is 285 g/mol. The van der Waals surface area contributed by atoms with Gasteiger partial charge in [-0.2, -0.15) is 0 Å². The number of likely N-dealkylation sites (N-methyl/N-ethyl adjacent to an activating group) is 1. The van der Waals surface area contributed by atoms with Crippen molar-refractivity contribution in [1.82, 2.24) is 5.32 Å². The zero-order valence-corrected chi connectivity index (χ0v) is 12.0. The number of benzene rings is 1. The number of anilines is 1. The molecule has 1 unspecified atom stereocenters. The maximum Gasteiger partial charge on any atom is 0.238 e. The van der Waals surface area contributed by atoms with E-state index in [4.69, 9.17) is 9.88 Å². The number of ether oxygens (including phenoxy) is 1. The summed E-state index contributed by atoms with van der Waals surface area (Å²) in [6.45, 7) is 2.29. The molecule has 0 radical (unpaired) electrons. The lowest BCUT2D eigenvalue weighted by atomic mass is 10.2. The highest BCUT2D eigenvalue weighted by Crippen LogP contribution is 2.24. The molecule has 3 N–H and O–H groups in total. The molecule has 8 heteroatoms. The first-order chi connectivity index (χ1) is 9.41. The smallest absolute Gasteiger partial charge is 0.238 e. The Morgan fingerprint density at radius 1 is 1.55 bits per heavy atom. The van der Waals surface area contributed by atoms with Crippen LogP contribution in [-0.4, -0.2) is 47.8 Å². The Kier molecular flexibility index (Phi) is 4.59. The molecule has 6 nitrogen and oxygen atoms in total. The Morgan fingerprint density at radius 3 is 2.90 bits per heavy atom. The van der Waals surface area contributed by atoms with E-state index in [1.165, 1.54) is 12.1 Å². The van der Waals surface area contributed by atoms with Gasteiger partial charge in [0, 0.05) is 19.6 Å². The molecule has 0 amide bonds. The third-order valence-corrected chi connectivity index (χ3v) is 4.07. The highest BCUT2D eigenvalue weighted by atomic mass is 32.2. The van der Waals surface area contributed by atoms with E-state index in [9.17, 15) is 12.8 Å². The van der Waals surface area contributed by atoms with Crippen molar-refractivity contribution in [2.45, 2.75) is 11.0 Å². The van der Waals surface area contributed by atoms with Gasteiger partial charge in [0.25, 0.3) is 0 Å². The van der Waals surface area contributed by atoms with Crippen molar-refractivity contribution in [3.63, 3.8) is 0 Å². The van der Waals surface area contributed by atoms with Crippen LogP contribution in [0.2, 0.25) is 0 Å². The van der Waals surface area contributed by atoms with Crippen LogP contribution in [0.4, 0.5) is 10.1 Å². The van der Waals surface area contributed by atoms with Gasteiger partial charge >= 0.3 is 0 Å². The monoisotopic (exact) mass is 303 g/mol. The molecule has 20 heavy (non-hydrogen) atoms. The zero-order chi connectivity index (χ0) is 14.8. The van der Waals surface area contributed by atoms with Crippen LogP contribution >= 0.6 is 0 Å². The largest absolute Gasteiger partial charge is 0.373 e. The second-order valence-corrected chi connectivity index (χ2v) is 6.22. The highest BCUT2D eigenvalue weighted by molar-refractivity contribution is 7.89. The van der Waals surface area contributed by atoms with Gasteiger partial charge in [0.1, 0.15) is 5.82 Å². The van der Waals surface area contributed by atoms with Gasteiger partial charge in [-0.05, 0) is 25.2 Å². The van der Waals surface area contributed by atoms with E-state index in [1.807, 2.05) is 11.9 Å². The molecular formula is C12H18FN3O3S. The Hall–Kier alpha value is -1.22.